The van der Waals surface area contributed by atoms with Gasteiger partial charge in [0.25, 0.3) is 5.91 Å². The van der Waals surface area contributed by atoms with Gasteiger partial charge in [-0.2, -0.15) is 28.1 Å². The number of hydrogen-bond acceptors (Lipinski definition) is 10. The minimum atomic E-state index is -4.64. The summed E-state index contributed by atoms with van der Waals surface area (Å²) in [5.74, 6) is -4.29. The number of carbonyl (C=O) groups excluding carboxylic acids is 3. The fourth-order valence-corrected chi connectivity index (χ4v) is 5.45. The van der Waals surface area contributed by atoms with E-state index in [0.29, 0.717) is 23.6 Å². The molecule has 50 heavy (non-hydrogen) atoms. The van der Waals surface area contributed by atoms with Gasteiger partial charge in [0.05, 0.1) is 5.54 Å². The highest BCUT2D eigenvalue weighted by Crippen LogP contribution is 2.48. The average molecular weight is 719 g/mol. The van der Waals surface area contributed by atoms with Gasteiger partial charge in [-0.15, -0.1) is 0 Å². The van der Waals surface area contributed by atoms with E-state index >= 15 is 0 Å². The Labute approximate surface area is 288 Å². The number of nitrogens with one attached hydrogen (secondary N) is 5. The van der Waals surface area contributed by atoms with E-state index in [-0.39, 0.29) is 23.5 Å². The lowest BCUT2D eigenvalue weighted by atomic mass is 9.95. The first-order valence-electron chi connectivity index (χ1n) is 15.8. The van der Waals surface area contributed by atoms with E-state index in [1.54, 1.807) is 12.1 Å². The first-order valence-corrected chi connectivity index (χ1v) is 16.2. The minimum Gasteiger partial charge on any atom is -0.480 e. The Bertz CT molecular complexity index is 1700. The lowest BCUT2D eigenvalue weighted by molar-refractivity contribution is -0.154. The molecule has 0 radical (unpaired) electrons. The van der Waals surface area contributed by atoms with Crippen LogP contribution < -0.4 is 31.3 Å². The number of anilines is 3. The lowest BCUT2D eigenvalue weighted by Crippen LogP contribution is -2.52. The Kier molecular flexibility index (Phi) is 11.2. The number of aromatic nitrogens is 3. The Morgan fingerprint density at radius 1 is 0.920 bits per heavy atom. The fraction of sp³-hybridized carbons (Fsp3) is 0.406. The topological polar surface area (TPSA) is 197 Å². The molecule has 2 aromatic carbocycles. The number of carboxylic acids is 1. The van der Waals surface area contributed by atoms with E-state index in [0.717, 1.165) is 37.7 Å². The van der Waals surface area contributed by atoms with Gasteiger partial charge in [0.2, 0.25) is 11.9 Å². The number of halogens is 4. The van der Waals surface area contributed by atoms with Crippen molar-refractivity contribution < 1.29 is 42.2 Å². The first kappa shape index (κ1) is 36.1. The van der Waals surface area contributed by atoms with Crippen molar-refractivity contribution in [1.82, 2.24) is 30.9 Å². The normalized spacial score (nSPS) is 16.0. The van der Waals surface area contributed by atoms with Crippen LogP contribution in [0.25, 0.3) is 0 Å². The van der Waals surface area contributed by atoms with Crippen LogP contribution in [0.4, 0.5) is 30.8 Å². The second-order valence-electron chi connectivity index (χ2n) is 12.0. The smallest absolute Gasteiger partial charge is 0.422 e. The van der Waals surface area contributed by atoms with Crippen molar-refractivity contribution in [2.75, 3.05) is 23.8 Å². The van der Waals surface area contributed by atoms with Crippen molar-refractivity contribution in [3.8, 4) is 6.01 Å². The molecule has 2 fully saturated rings. The Morgan fingerprint density at radius 3 is 2.20 bits per heavy atom. The molecule has 2 aliphatic rings. The third-order valence-electron chi connectivity index (χ3n) is 8.10. The van der Waals surface area contributed by atoms with Gasteiger partial charge in [0, 0.05) is 28.9 Å². The lowest BCUT2D eigenvalue weighted by Gasteiger charge is -2.22. The van der Waals surface area contributed by atoms with Crippen LogP contribution in [0.3, 0.4) is 0 Å². The molecule has 0 unspecified atom stereocenters. The summed E-state index contributed by atoms with van der Waals surface area (Å²) in [5, 5.41) is 23.3. The quantitative estimate of drug-likeness (QED) is 0.140. The maximum absolute atomic E-state index is 12.9. The highest BCUT2D eigenvalue weighted by atomic mass is 35.5. The number of carboxylic acid groups (broad SMARTS) is 1. The second kappa shape index (κ2) is 15.6. The number of nitrogens with zero attached hydrogens (tertiary/aromatic N) is 3. The Balaban J connectivity index is 1.21. The molecule has 0 spiro atoms. The van der Waals surface area contributed by atoms with Crippen molar-refractivity contribution in [3.05, 3.63) is 64.7 Å². The van der Waals surface area contributed by atoms with Crippen molar-refractivity contribution in [3.63, 3.8) is 0 Å². The van der Waals surface area contributed by atoms with Gasteiger partial charge in [-0.05, 0) is 67.6 Å². The predicted octanol–water partition coefficient (Wildman–Crippen LogP) is 4.06. The third kappa shape index (κ3) is 10.2. The molecule has 0 aliphatic heterocycles. The summed E-state index contributed by atoms with van der Waals surface area (Å²) in [5.41, 5.74) is 0.702. The molecule has 3 aromatic rings. The van der Waals surface area contributed by atoms with Gasteiger partial charge in [0.1, 0.15) is 6.04 Å². The number of ether oxygens (including phenoxy) is 1. The standard InChI is InChI=1S/C32H34ClF3N8O6/c33-20-10-8-19(9-11-20)31(14-15-31)44-29-41-28(42-30(43-29)50-17-32(34,35)36)39-22-12-6-18(7-13-22)24(45)40-23(27(48)49)16-37-25(46)26(47)38-21-4-2-1-3-5-21/h6-13,21,23H,1-5,14-17H2,(H,37,46)(H,38,47)(H,40,45)(H,48,49)(H2,39,41,42,43,44)/t23-/m0/s1. The number of benzene rings is 2. The number of rotatable bonds is 13. The van der Waals surface area contributed by atoms with Crippen LogP contribution in [-0.2, 0) is 19.9 Å². The zero-order valence-corrected chi connectivity index (χ0v) is 27.2. The van der Waals surface area contributed by atoms with E-state index in [1.807, 2.05) is 12.1 Å². The maximum Gasteiger partial charge on any atom is 0.422 e. The molecule has 1 atom stereocenters. The second-order valence-corrected chi connectivity index (χ2v) is 12.4. The summed E-state index contributed by atoms with van der Waals surface area (Å²) in [4.78, 5) is 61.3. The number of aliphatic carboxylic acids is 1. The Morgan fingerprint density at radius 2 is 1.58 bits per heavy atom. The molecule has 14 nitrogen and oxygen atoms in total. The molecular weight excluding hydrogens is 685 g/mol. The molecule has 6 N–H and O–H groups in total. The van der Waals surface area contributed by atoms with Crippen LogP contribution >= 0.6 is 11.6 Å². The summed E-state index contributed by atoms with van der Waals surface area (Å²) < 4.78 is 43.5. The maximum atomic E-state index is 12.9. The molecule has 2 saturated carbocycles. The van der Waals surface area contributed by atoms with Gasteiger partial charge in [0.15, 0.2) is 6.61 Å². The van der Waals surface area contributed by atoms with E-state index in [9.17, 15) is 37.5 Å². The average Bonchev–Trinajstić information content (AvgIpc) is 3.86. The largest absolute Gasteiger partial charge is 0.480 e. The van der Waals surface area contributed by atoms with Gasteiger partial charge in [-0.25, -0.2) is 4.79 Å². The van der Waals surface area contributed by atoms with Gasteiger partial charge in [-0.3, -0.25) is 14.4 Å². The highest BCUT2D eigenvalue weighted by molar-refractivity contribution is 6.35. The zero-order valence-electron chi connectivity index (χ0n) is 26.5. The molecule has 266 valence electrons. The van der Waals surface area contributed by atoms with E-state index in [2.05, 4.69) is 41.5 Å². The van der Waals surface area contributed by atoms with E-state index in [1.165, 1.54) is 24.3 Å². The Hall–Kier alpha value is -5.19. The molecular formula is C32H34ClF3N8O6. The van der Waals surface area contributed by atoms with Crippen LogP contribution in [-0.4, -0.2) is 75.2 Å². The SMILES string of the molecule is O=C(NC[C@H](NC(=O)c1ccc(Nc2nc(NC3(c4ccc(Cl)cc4)CC3)nc(OCC(F)(F)F)n2)cc1)C(=O)O)C(=O)NC1CCCCC1. The van der Waals surface area contributed by atoms with Crippen LogP contribution in [0.2, 0.25) is 5.02 Å². The fourth-order valence-electron chi connectivity index (χ4n) is 5.32. The summed E-state index contributed by atoms with van der Waals surface area (Å²) in [7, 11) is 0. The van der Waals surface area contributed by atoms with Crippen molar-refractivity contribution >= 4 is 52.9 Å². The number of hydrogen-bond donors (Lipinski definition) is 6. The molecule has 3 amide bonds. The summed E-state index contributed by atoms with van der Waals surface area (Å²) in [6.45, 7) is -2.16. The molecule has 0 bridgehead atoms. The summed E-state index contributed by atoms with van der Waals surface area (Å²) in [6, 6.07) is 10.4. The molecule has 1 heterocycles. The van der Waals surface area contributed by atoms with Crippen molar-refractivity contribution in [2.45, 2.75) is 68.7 Å². The first-order chi connectivity index (χ1) is 23.8. The van der Waals surface area contributed by atoms with Gasteiger partial charge < -0.3 is 36.4 Å². The van der Waals surface area contributed by atoms with Crippen LogP contribution in [0.15, 0.2) is 48.5 Å². The van der Waals surface area contributed by atoms with Crippen molar-refractivity contribution in [2.24, 2.45) is 0 Å². The highest BCUT2D eigenvalue weighted by Gasteiger charge is 2.45. The molecule has 5 rings (SSSR count). The van der Waals surface area contributed by atoms with Gasteiger partial charge in [-0.1, -0.05) is 43.0 Å². The van der Waals surface area contributed by atoms with Crippen LogP contribution in [0.1, 0.15) is 60.9 Å². The van der Waals surface area contributed by atoms with Crippen molar-refractivity contribution in [1.29, 1.82) is 0 Å². The van der Waals surface area contributed by atoms with E-state index < -0.39 is 60.6 Å². The number of alkyl halides is 3. The third-order valence-corrected chi connectivity index (χ3v) is 8.35. The van der Waals surface area contributed by atoms with E-state index in [4.69, 9.17) is 16.3 Å². The number of carbonyl (C=O) groups is 4. The molecule has 2 aliphatic carbocycles. The molecule has 18 heteroatoms. The van der Waals surface area contributed by atoms with Gasteiger partial charge >= 0.3 is 30.0 Å². The van der Waals surface area contributed by atoms with Crippen LogP contribution in [0.5, 0.6) is 6.01 Å². The minimum absolute atomic E-state index is 0.0404. The molecule has 1 aromatic heterocycles. The zero-order chi connectivity index (χ0) is 35.9. The monoisotopic (exact) mass is 718 g/mol. The summed E-state index contributed by atoms with van der Waals surface area (Å²) >= 11 is 6.01. The molecule has 0 saturated heterocycles. The summed E-state index contributed by atoms with van der Waals surface area (Å²) in [6.07, 6.45) is 1.25. The van der Waals surface area contributed by atoms with Crippen LogP contribution in [0, 0.1) is 0 Å². The number of amides is 3. The predicted molar refractivity (Wildman–Crippen MR) is 174 cm³/mol.